The fourth-order valence-electron chi connectivity index (χ4n) is 4.70. The van der Waals surface area contributed by atoms with Crippen LogP contribution in [-0.2, 0) is 4.79 Å². The monoisotopic (exact) mass is 512 g/mol. The Labute approximate surface area is 221 Å². The van der Waals surface area contributed by atoms with Crippen molar-refractivity contribution in [2.24, 2.45) is 5.92 Å². The summed E-state index contributed by atoms with van der Waals surface area (Å²) in [5.74, 6) is 0.0158. The first-order valence-electron chi connectivity index (χ1n) is 12.9. The molecule has 0 saturated carbocycles. The SMILES string of the molecule is C=c1ccc2c(c1)Oc1cc(O)ccc1C=2c1ccc(C(=O)CCCCCCC(=O)C(C)C)cc1C(=O)O. The van der Waals surface area contributed by atoms with Crippen LogP contribution in [0.4, 0.5) is 0 Å². The maximum Gasteiger partial charge on any atom is 0.336 e. The molecule has 6 heteroatoms. The van der Waals surface area contributed by atoms with Crippen LogP contribution in [0.15, 0.2) is 54.6 Å². The zero-order valence-electron chi connectivity index (χ0n) is 21.8. The number of carbonyl (C=O) groups excluding carboxylic acids is 2. The van der Waals surface area contributed by atoms with E-state index in [9.17, 15) is 24.6 Å². The third-order valence-corrected chi connectivity index (χ3v) is 6.83. The number of ketones is 2. The Balaban J connectivity index is 1.61. The van der Waals surface area contributed by atoms with E-state index in [0.29, 0.717) is 58.2 Å². The van der Waals surface area contributed by atoms with Crippen molar-refractivity contribution >= 4 is 29.7 Å². The number of ether oxygens (including phenoxy) is 1. The predicted octanol–water partition coefficient (Wildman–Crippen LogP) is 5.60. The molecule has 0 aromatic heterocycles. The normalized spacial score (nSPS) is 12.0. The van der Waals surface area contributed by atoms with E-state index in [4.69, 9.17) is 4.74 Å². The number of hydrogen-bond donors (Lipinski definition) is 2. The van der Waals surface area contributed by atoms with E-state index in [0.717, 1.165) is 24.5 Å². The molecule has 1 aliphatic heterocycles. The molecule has 1 heterocycles. The van der Waals surface area contributed by atoms with Gasteiger partial charge in [-0.2, -0.15) is 0 Å². The van der Waals surface area contributed by atoms with Crippen LogP contribution in [0.1, 0.15) is 84.2 Å². The Morgan fingerprint density at radius 1 is 0.842 bits per heavy atom. The first-order chi connectivity index (χ1) is 18.2. The number of carboxylic acids is 1. The van der Waals surface area contributed by atoms with Crippen molar-refractivity contribution in [3.63, 3.8) is 0 Å². The van der Waals surface area contributed by atoms with Gasteiger partial charge in [-0.3, -0.25) is 9.59 Å². The average Bonchev–Trinajstić information content (AvgIpc) is 2.88. The summed E-state index contributed by atoms with van der Waals surface area (Å²) >= 11 is 0. The highest BCUT2D eigenvalue weighted by molar-refractivity contribution is 6.03. The molecule has 38 heavy (non-hydrogen) atoms. The van der Waals surface area contributed by atoms with Crippen LogP contribution in [0.3, 0.4) is 0 Å². The highest BCUT2D eigenvalue weighted by Crippen LogP contribution is 2.39. The van der Waals surface area contributed by atoms with Gasteiger partial charge in [0.05, 0.1) is 5.56 Å². The molecule has 2 N–H and O–H groups in total. The minimum absolute atomic E-state index is 0.0172. The molecular weight excluding hydrogens is 480 g/mol. The molecule has 0 aliphatic carbocycles. The Morgan fingerprint density at radius 2 is 1.55 bits per heavy atom. The summed E-state index contributed by atoms with van der Waals surface area (Å²) in [5.41, 5.74) is 2.12. The summed E-state index contributed by atoms with van der Waals surface area (Å²) in [7, 11) is 0. The molecule has 196 valence electrons. The van der Waals surface area contributed by atoms with Crippen LogP contribution in [-0.4, -0.2) is 27.7 Å². The summed E-state index contributed by atoms with van der Waals surface area (Å²) in [6.45, 7) is 7.75. The van der Waals surface area contributed by atoms with Gasteiger partial charge in [0.15, 0.2) is 5.78 Å². The number of fused-ring (bicyclic) bond motifs is 2. The standard InChI is InChI=1S/C32H32O6/c1-19(2)27(34)8-6-4-5-7-9-28(35)21-11-14-23(26(17-21)32(36)37)31-24-13-10-20(3)16-29(24)38-30-18-22(33)12-15-25(30)31/h10-19,33H,3-9H2,1-2H3,(H,36,37). The van der Waals surface area contributed by atoms with Gasteiger partial charge < -0.3 is 14.9 Å². The lowest BCUT2D eigenvalue weighted by molar-refractivity contribution is -0.122. The van der Waals surface area contributed by atoms with Crippen LogP contribution >= 0.6 is 0 Å². The van der Waals surface area contributed by atoms with Gasteiger partial charge in [0, 0.05) is 46.7 Å². The molecule has 0 bridgehead atoms. The lowest BCUT2D eigenvalue weighted by Gasteiger charge is -2.22. The Morgan fingerprint density at radius 3 is 2.26 bits per heavy atom. The fraction of sp³-hybridized carbons (Fsp3) is 0.281. The molecule has 1 aliphatic rings. The van der Waals surface area contributed by atoms with Crippen LogP contribution in [0.2, 0.25) is 0 Å². The summed E-state index contributed by atoms with van der Waals surface area (Å²) < 4.78 is 6.01. The molecule has 0 fully saturated rings. The van der Waals surface area contributed by atoms with Gasteiger partial charge in [-0.05, 0) is 47.9 Å². The highest BCUT2D eigenvalue weighted by atomic mass is 16.5. The number of carbonyl (C=O) groups is 3. The lowest BCUT2D eigenvalue weighted by Crippen LogP contribution is -2.21. The van der Waals surface area contributed by atoms with E-state index in [1.807, 2.05) is 26.0 Å². The zero-order valence-corrected chi connectivity index (χ0v) is 21.8. The Bertz CT molecular complexity index is 1520. The van der Waals surface area contributed by atoms with Crippen molar-refractivity contribution in [3.8, 4) is 17.2 Å². The van der Waals surface area contributed by atoms with Crippen molar-refractivity contribution in [3.05, 3.63) is 87.3 Å². The van der Waals surface area contributed by atoms with Gasteiger partial charge in [0.25, 0.3) is 0 Å². The van der Waals surface area contributed by atoms with Crippen LogP contribution < -0.4 is 15.2 Å². The molecule has 0 amide bonds. The second-order valence-electron chi connectivity index (χ2n) is 10.0. The number of unbranched alkanes of at least 4 members (excludes halogenated alkanes) is 3. The molecule has 4 rings (SSSR count). The van der Waals surface area contributed by atoms with E-state index >= 15 is 0 Å². The third-order valence-electron chi connectivity index (χ3n) is 6.83. The van der Waals surface area contributed by atoms with Gasteiger partial charge in [0.2, 0.25) is 0 Å². The Hall–Kier alpha value is -4.19. The summed E-state index contributed by atoms with van der Waals surface area (Å²) in [6.07, 6.45) is 4.12. The topological polar surface area (TPSA) is 101 Å². The molecule has 0 spiro atoms. The molecular formula is C32H32O6. The first kappa shape index (κ1) is 26.9. The molecule has 0 radical (unpaired) electrons. The van der Waals surface area contributed by atoms with Gasteiger partial charge >= 0.3 is 5.97 Å². The second-order valence-corrected chi connectivity index (χ2v) is 10.0. The number of phenolic OH excluding ortho intramolecular Hbond substituents is 1. The number of aromatic carboxylic acids is 1. The first-order valence-corrected chi connectivity index (χ1v) is 12.9. The van der Waals surface area contributed by atoms with E-state index in [-0.39, 0.29) is 28.8 Å². The average molecular weight is 513 g/mol. The number of carboxylic acid groups (broad SMARTS) is 1. The predicted molar refractivity (Wildman–Crippen MR) is 146 cm³/mol. The number of phenols is 1. The van der Waals surface area contributed by atoms with Crippen molar-refractivity contribution in [2.45, 2.75) is 52.4 Å². The van der Waals surface area contributed by atoms with Crippen molar-refractivity contribution < 1.29 is 29.3 Å². The van der Waals surface area contributed by atoms with Crippen molar-refractivity contribution in [1.29, 1.82) is 0 Å². The maximum atomic E-state index is 12.9. The largest absolute Gasteiger partial charge is 0.508 e. The molecule has 3 aromatic rings. The smallest absolute Gasteiger partial charge is 0.336 e. The molecule has 6 nitrogen and oxygen atoms in total. The minimum Gasteiger partial charge on any atom is -0.508 e. The van der Waals surface area contributed by atoms with Crippen molar-refractivity contribution in [2.75, 3.05) is 0 Å². The summed E-state index contributed by atoms with van der Waals surface area (Å²) in [5, 5.41) is 21.6. The third kappa shape index (κ3) is 5.86. The quantitative estimate of drug-likeness (QED) is 0.200. The van der Waals surface area contributed by atoms with Gasteiger partial charge in [-0.15, -0.1) is 0 Å². The minimum atomic E-state index is -1.14. The van der Waals surface area contributed by atoms with Crippen LogP contribution in [0.25, 0.3) is 12.2 Å². The molecule has 0 saturated heterocycles. The molecule has 0 atom stereocenters. The number of benzene rings is 3. The van der Waals surface area contributed by atoms with Crippen molar-refractivity contribution in [1.82, 2.24) is 0 Å². The zero-order chi connectivity index (χ0) is 27.4. The summed E-state index contributed by atoms with van der Waals surface area (Å²) in [4.78, 5) is 37.0. The van der Waals surface area contributed by atoms with Crippen LogP contribution in [0.5, 0.6) is 17.2 Å². The highest BCUT2D eigenvalue weighted by Gasteiger charge is 2.25. The van der Waals surface area contributed by atoms with E-state index < -0.39 is 5.97 Å². The second kappa shape index (κ2) is 11.5. The molecule has 3 aromatic carbocycles. The van der Waals surface area contributed by atoms with Gasteiger partial charge in [0.1, 0.15) is 23.0 Å². The van der Waals surface area contributed by atoms with E-state index in [1.165, 1.54) is 18.2 Å². The lowest BCUT2D eigenvalue weighted by atomic mass is 9.88. The number of Topliss-reactive ketones (excluding diaryl/α,β-unsaturated/α-hetero) is 2. The maximum absolute atomic E-state index is 12.9. The fourth-order valence-corrected chi connectivity index (χ4v) is 4.70. The van der Waals surface area contributed by atoms with Crippen LogP contribution in [0, 0.1) is 5.92 Å². The number of aromatic hydroxyl groups is 1. The number of hydrogen-bond acceptors (Lipinski definition) is 5. The summed E-state index contributed by atoms with van der Waals surface area (Å²) in [6, 6.07) is 14.9. The Kier molecular flexibility index (Phi) is 8.10. The van der Waals surface area contributed by atoms with Gasteiger partial charge in [-0.1, -0.05) is 57.5 Å². The van der Waals surface area contributed by atoms with E-state index in [1.54, 1.807) is 24.3 Å². The van der Waals surface area contributed by atoms with E-state index in [2.05, 4.69) is 6.58 Å². The molecule has 0 unspecified atom stereocenters. The number of rotatable bonds is 11. The van der Waals surface area contributed by atoms with Gasteiger partial charge in [-0.25, -0.2) is 4.79 Å².